The third kappa shape index (κ3) is 3.50. The normalized spacial score (nSPS) is 18.8. The second-order valence-corrected chi connectivity index (χ2v) is 8.04. The van der Waals surface area contributed by atoms with Crippen LogP contribution in [0, 0.1) is 0 Å². The number of aromatic nitrogens is 2. The van der Waals surface area contributed by atoms with Crippen molar-refractivity contribution in [3.8, 4) is 0 Å². The van der Waals surface area contributed by atoms with Crippen molar-refractivity contribution in [3.63, 3.8) is 0 Å². The number of rotatable bonds is 4. The number of nitrogens with zero attached hydrogens (tertiary/aromatic N) is 3. The number of fused-ring (bicyclic) bond motifs is 1. The van der Waals surface area contributed by atoms with E-state index in [1.54, 1.807) is 6.07 Å². The highest BCUT2D eigenvalue weighted by atomic mass is 19.4. The molecule has 0 unspecified atom stereocenters. The summed E-state index contributed by atoms with van der Waals surface area (Å²) in [6, 6.07) is 5.00. The third-order valence-corrected chi connectivity index (χ3v) is 5.84. The number of hydrogen-bond acceptors (Lipinski definition) is 4. The van der Waals surface area contributed by atoms with Crippen LogP contribution < -0.4 is 15.9 Å². The molecule has 1 saturated carbocycles. The second kappa shape index (κ2) is 6.61. The molecule has 1 aromatic heterocycles. The molecule has 29 heavy (non-hydrogen) atoms. The number of anilines is 1. The highest BCUT2D eigenvalue weighted by Crippen LogP contribution is 2.44. The van der Waals surface area contributed by atoms with E-state index in [0.29, 0.717) is 11.4 Å². The van der Waals surface area contributed by atoms with Gasteiger partial charge in [-0.1, -0.05) is 18.7 Å². The molecule has 1 atom stereocenters. The van der Waals surface area contributed by atoms with Crippen molar-refractivity contribution in [1.82, 2.24) is 14.9 Å². The van der Waals surface area contributed by atoms with E-state index in [1.165, 1.54) is 18.5 Å². The van der Waals surface area contributed by atoms with Gasteiger partial charge in [0.25, 0.3) is 0 Å². The Labute approximate surface area is 167 Å². The highest BCUT2D eigenvalue weighted by Gasteiger charge is 2.44. The maximum Gasteiger partial charge on any atom is 0.416 e. The Kier molecular flexibility index (Phi) is 4.44. The summed E-state index contributed by atoms with van der Waals surface area (Å²) < 4.78 is 39.2. The van der Waals surface area contributed by atoms with Gasteiger partial charge in [-0.2, -0.15) is 13.2 Å². The molecular formula is C22H23F3N4. The molecule has 1 N–H and O–H groups in total. The predicted molar refractivity (Wildman–Crippen MR) is 107 cm³/mol. The number of allylic oxidation sites excluding steroid dienone is 1. The van der Waals surface area contributed by atoms with E-state index in [9.17, 15) is 13.2 Å². The van der Waals surface area contributed by atoms with Gasteiger partial charge in [0.2, 0.25) is 0 Å². The predicted octanol–water partition coefficient (Wildman–Crippen LogP) is 3.96. The number of hydrogen-bond donors (Lipinski definition) is 1. The molecular weight excluding hydrogens is 377 g/mol. The molecule has 2 heterocycles. The molecule has 1 aliphatic heterocycles. The van der Waals surface area contributed by atoms with Gasteiger partial charge < -0.3 is 10.2 Å². The number of alkyl halides is 3. The summed E-state index contributed by atoms with van der Waals surface area (Å²) in [6.45, 7) is 10.2. The number of benzene rings is 1. The summed E-state index contributed by atoms with van der Waals surface area (Å²) in [4.78, 5) is 11.0. The van der Waals surface area contributed by atoms with Crippen molar-refractivity contribution in [2.75, 3.05) is 5.32 Å². The van der Waals surface area contributed by atoms with Gasteiger partial charge in [-0.25, -0.2) is 9.97 Å². The molecule has 0 saturated heterocycles. The molecule has 0 radical (unpaired) electrons. The average molecular weight is 400 g/mol. The van der Waals surface area contributed by atoms with Crippen LogP contribution in [0.4, 0.5) is 19.0 Å². The zero-order valence-corrected chi connectivity index (χ0v) is 16.6. The summed E-state index contributed by atoms with van der Waals surface area (Å²) in [7, 11) is 0. The van der Waals surface area contributed by atoms with E-state index in [0.717, 1.165) is 40.7 Å². The zero-order chi connectivity index (χ0) is 21.0. The number of nitrogens with one attached hydrogen (secondary N) is 1. The Bertz CT molecular complexity index is 1100. The topological polar surface area (TPSA) is 41.1 Å². The maximum atomic E-state index is 13.1. The molecule has 152 valence electrons. The van der Waals surface area contributed by atoms with Crippen molar-refractivity contribution >= 4 is 17.6 Å². The smallest absolute Gasteiger partial charge is 0.363 e. The summed E-state index contributed by atoms with van der Waals surface area (Å²) in [6.07, 6.45) is 1.28. The standard InChI is InChI=1S/C22H23F3N4/c1-13-15(3)29(21(4)8-9-21)11-18-19(13)26-12-27-20(18)28-14(2)16-6-5-7-17(10-16)22(23,24)25/h5-7,10-12,14H,3,8-9H2,1-2,4H3,(H,26,27,28)/t14-/m1/s1. The Morgan fingerprint density at radius 1 is 1.24 bits per heavy atom. The molecule has 1 fully saturated rings. The molecule has 1 aromatic carbocycles. The minimum absolute atomic E-state index is 0.0514. The van der Waals surface area contributed by atoms with Crippen molar-refractivity contribution in [3.05, 3.63) is 64.6 Å². The first-order valence-electron chi connectivity index (χ1n) is 9.56. The quantitative estimate of drug-likeness (QED) is 0.844. The minimum Gasteiger partial charge on any atom is -0.363 e. The first kappa shape index (κ1) is 19.5. The van der Waals surface area contributed by atoms with Crippen LogP contribution >= 0.6 is 0 Å². The van der Waals surface area contributed by atoms with E-state index < -0.39 is 11.7 Å². The zero-order valence-electron chi connectivity index (χ0n) is 16.6. The minimum atomic E-state index is -4.37. The second-order valence-electron chi connectivity index (χ2n) is 8.04. The van der Waals surface area contributed by atoms with Crippen LogP contribution in [0.25, 0.3) is 11.8 Å². The van der Waals surface area contributed by atoms with E-state index in [1.807, 2.05) is 20.0 Å². The Balaban J connectivity index is 1.73. The highest BCUT2D eigenvalue weighted by molar-refractivity contribution is 5.67. The molecule has 4 rings (SSSR count). The largest absolute Gasteiger partial charge is 0.416 e. The maximum absolute atomic E-state index is 13.1. The lowest BCUT2D eigenvalue weighted by Crippen LogP contribution is -2.44. The molecule has 0 bridgehead atoms. The number of halogens is 3. The van der Waals surface area contributed by atoms with E-state index in [-0.39, 0.29) is 11.6 Å². The molecule has 0 spiro atoms. The van der Waals surface area contributed by atoms with Crippen LogP contribution in [0.1, 0.15) is 50.8 Å². The van der Waals surface area contributed by atoms with Crippen LogP contribution in [0.5, 0.6) is 0 Å². The van der Waals surface area contributed by atoms with E-state index in [4.69, 9.17) is 0 Å². The Hall–Kier alpha value is -2.83. The van der Waals surface area contributed by atoms with Crippen molar-refractivity contribution in [1.29, 1.82) is 0 Å². The van der Waals surface area contributed by atoms with Crippen molar-refractivity contribution < 1.29 is 13.2 Å². The van der Waals surface area contributed by atoms with Crippen LogP contribution in [0.2, 0.25) is 0 Å². The van der Waals surface area contributed by atoms with Gasteiger partial charge in [-0.15, -0.1) is 0 Å². The summed E-state index contributed by atoms with van der Waals surface area (Å²) in [5, 5.41) is 4.91. The molecule has 2 aliphatic rings. The summed E-state index contributed by atoms with van der Waals surface area (Å²) in [5.74, 6) is 0.598. The van der Waals surface area contributed by atoms with Gasteiger partial charge in [0.1, 0.15) is 12.1 Å². The van der Waals surface area contributed by atoms with E-state index in [2.05, 4.69) is 33.7 Å². The van der Waals surface area contributed by atoms with E-state index >= 15 is 0 Å². The van der Waals surface area contributed by atoms with Gasteiger partial charge in [0.05, 0.1) is 16.1 Å². The van der Waals surface area contributed by atoms with Gasteiger partial charge >= 0.3 is 6.18 Å². The molecule has 4 nitrogen and oxygen atoms in total. The first-order valence-corrected chi connectivity index (χ1v) is 9.56. The van der Waals surface area contributed by atoms with Gasteiger partial charge in [0, 0.05) is 23.5 Å². The fourth-order valence-electron chi connectivity index (χ4n) is 3.63. The van der Waals surface area contributed by atoms with Crippen LogP contribution in [-0.2, 0) is 6.18 Å². The van der Waals surface area contributed by atoms with Gasteiger partial charge in [-0.3, -0.25) is 0 Å². The average Bonchev–Trinajstić information content (AvgIpc) is 3.42. The van der Waals surface area contributed by atoms with Gasteiger partial charge in [0.15, 0.2) is 0 Å². The van der Waals surface area contributed by atoms with Crippen molar-refractivity contribution in [2.24, 2.45) is 0 Å². The first-order chi connectivity index (χ1) is 13.6. The molecule has 0 amide bonds. The third-order valence-electron chi connectivity index (χ3n) is 5.84. The summed E-state index contributed by atoms with van der Waals surface area (Å²) >= 11 is 0. The van der Waals surface area contributed by atoms with Crippen LogP contribution in [0.15, 0.2) is 42.9 Å². The SMILES string of the molecule is C=C1C(C)=c2ncnc(N[C@H](C)c3cccc(C(F)(F)F)c3)c2=CN1C1(C)CC1. The molecule has 7 heteroatoms. The lowest BCUT2D eigenvalue weighted by molar-refractivity contribution is -0.137. The molecule has 1 aliphatic carbocycles. The van der Waals surface area contributed by atoms with Crippen LogP contribution in [-0.4, -0.2) is 20.4 Å². The summed E-state index contributed by atoms with van der Waals surface area (Å²) in [5.41, 5.74) is 1.84. The van der Waals surface area contributed by atoms with Crippen molar-refractivity contribution in [2.45, 2.75) is 51.4 Å². The lowest BCUT2D eigenvalue weighted by Gasteiger charge is -2.32. The molecule has 2 aromatic rings. The Morgan fingerprint density at radius 2 is 1.97 bits per heavy atom. The Morgan fingerprint density at radius 3 is 2.62 bits per heavy atom. The van der Waals surface area contributed by atoms with Gasteiger partial charge in [-0.05, 0) is 56.9 Å². The fourth-order valence-corrected chi connectivity index (χ4v) is 3.63. The monoisotopic (exact) mass is 400 g/mol. The lowest BCUT2D eigenvalue weighted by atomic mass is 10.0. The fraction of sp³-hybridized carbons (Fsp3) is 0.364. The van der Waals surface area contributed by atoms with Crippen LogP contribution in [0.3, 0.4) is 0 Å².